The van der Waals surface area contributed by atoms with E-state index in [-0.39, 0.29) is 5.91 Å². The summed E-state index contributed by atoms with van der Waals surface area (Å²) >= 11 is 0. The minimum absolute atomic E-state index is 0.291. The lowest BCUT2D eigenvalue weighted by molar-refractivity contribution is 0.102. The lowest BCUT2D eigenvalue weighted by Crippen LogP contribution is -2.17. The molecule has 4 rings (SSSR count). The second-order valence-corrected chi connectivity index (χ2v) is 6.82. The van der Waals surface area contributed by atoms with Crippen molar-refractivity contribution >= 4 is 11.7 Å². The van der Waals surface area contributed by atoms with Crippen LogP contribution in [0.1, 0.15) is 27.4 Å². The first-order valence-electron chi connectivity index (χ1n) is 9.39. The van der Waals surface area contributed by atoms with E-state index >= 15 is 0 Å². The van der Waals surface area contributed by atoms with E-state index in [0.29, 0.717) is 23.9 Å². The second kappa shape index (κ2) is 8.06. The number of carbonyl (C=O) groups excluding carboxylic acids is 1. The lowest BCUT2D eigenvalue weighted by atomic mass is 10.1. The highest BCUT2D eigenvalue weighted by Gasteiger charge is 2.16. The Labute approximate surface area is 169 Å². The minimum atomic E-state index is -0.291. The van der Waals surface area contributed by atoms with Crippen LogP contribution in [0.4, 0.5) is 5.82 Å². The van der Waals surface area contributed by atoms with Gasteiger partial charge in [-0.1, -0.05) is 54.6 Å². The summed E-state index contributed by atoms with van der Waals surface area (Å²) in [6.07, 6.45) is 1.58. The molecule has 0 aliphatic rings. The normalized spacial score (nSPS) is 10.7. The molecular formula is C23H21N5O. The highest BCUT2D eigenvalue weighted by Crippen LogP contribution is 2.26. The Kier molecular flexibility index (Phi) is 5.16. The minimum Gasteiger partial charge on any atom is -0.305 e. The quantitative estimate of drug-likeness (QED) is 0.559. The van der Waals surface area contributed by atoms with Crippen molar-refractivity contribution in [1.29, 1.82) is 0 Å². The van der Waals surface area contributed by atoms with Crippen molar-refractivity contribution in [1.82, 2.24) is 19.7 Å². The van der Waals surface area contributed by atoms with Gasteiger partial charge in [-0.3, -0.25) is 4.79 Å². The average Bonchev–Trinajstić information content (AvgIpc) is 3.11. The van der Waals surface area contributed by atoms with Crippen molar-refractivity contribution in [2.75, 3.05) is 5.32 Å². The maximum absolute atomic E-state index is 12.7. The Balaban J connectivity index is 1.70. The molecule has 1 N–H and O–H groups in total. The van der Waals surface area contributed by atoms with Crippen molar-refractivity contribution in [3.8, 4) is 11.3 Å². The number of hydrogen-bond donors (Lipinski definition) is 1. The molecule has 0 saturated carbocycles. The zero-order valence-electron chi connectivity index (χ0n) is 16.3. The molecule has 144 valence electrons. The first-order chi connectivity index (χ1) is 14.1. The molecule has 2 aromatic heterocycles. The summed E-state index contributed by atoms with van der Waals surface area (Å²) < 4.78 is 1.81. The second-order valence-electron chi connectivity index (χ2n) is 6.82. The van der Waals surface area contributed by atoms with Gasteiger partial charge in [-0.05, 0) is 31.0 Å². The predicted molar refractivity (Wildman–Crippen MR) is 113 cm³/mol. The topological polar surface area (TPSA) is 72.7 Å². The van der Waals surface area contributed by atoms with Gasteiger partial charge < -0.3 is 5.32 Å². The Hall–Kier alpha value is -3.80. The van der Waals surface area contributed by atoms with Gasteiger partial charge in [0.25, 0.3) is 5.91 Å². The van der Waals surface area contributed by atoms with Gasteiger partial charge in [-0.25, -0.2) is 14.6 Å². The third-order valence-corrected chi connectivity index (χ3v) is 4.63. The average molecular weight is 383 g/mol. The first kappa shape index (κ1) is 18.6. The number of aromatic nitrogens is 4. The molecule has 0 aliphatic carbocycles. The number of nitrogens with zero attached hydrogens (tertiary/aromatic N) is 4. The van der Waals surface area contributed by atoms with E-state index in [1.54, 1.807) is 19.2 Å². The molecule has 29 heavy (non-hydrogen) atoms. The van der Waals surface area contributed by atoms with Crippen LogP contribution in [0.25, 0.3) is 11.3 Å². The third-order valence-electron chi connectivity index (χ3n) is 4.63. The number of nitrogens with one attached hydrogen (secondary N) is 1. The fraction of sp³-hybridized carbons (Fsp3) is 0.130. The van der Waals surface area contributed by atoms with Gasteiger partial charge in [0.15, 0.2) is 0 Å². The van der Waals surface area contributed by atoms with E-state index in [1.807, 2.05) is 72.3 Å². The largest absolute Gasteiger partial charge is 0.305 e. The first-order valence-corrected chi connectivity index (χ1v) is 9.39. The lowest BCUT2D eigenvalue weighted by Gasteiger charge is -2.09. The highest BCUT2D eigenvalue weighted by molar-refractivity contribution is 6.02. The number of carbonyl (C=O) groups is 1. The molecule has 0 unspecified atom stereocenters. The zero-order valence-corrected chi connectivity index (χ0v) is 16.3. The molecule has 2 heterocycles. The van der Waals surface area contributed by atoms with Crippen LogP contribution in [0.5, 0.6) is 0 Å². The molecule has 0 atom stereocenters. The Bertz CT molecular complexity index is 1150. The van der Waals surface area contributed by atoms with Crippen LogP contribution in [0, 0.1) is 13.8 Å². The van der Waals surface area contributed by atoms with E-state index in [1.165, 1.54) is 0 Å². The van der Waals surface area contributed by atoms with Crippen LogP contribution >= 0.6 is 0 Å². The number of benzene rings is 2. The Morgan fingerprint density at radius 3 is 2.52 bits per heavy atom. The van der Waals surface area contributed by atoms with Gasteiger partial charge in [0.05, 0.1) is 12.2 Å². The molecular weight excluding hydrogens is 362 g/mol. The molecule has 4 aromatic rings. The van der Waals surface area contributed by atoms with Gasteiger partial charge in [0.1, 0.15) is 17.3 Å². The van der Waals surface area contributed by atoms with Gasteiger partial charge in [0, 0.05) is 17.8 Å². The molecule has 6 heteroatoms. The Morgan fingerprint density at radius 2 is 1.76 bits per heavy atom. The molecule has 0 fully saturated rings. The van der Waals surface area contributed by atoms with E-state index < -0.39 is 0 Å². The number of hydrogen-bond acceptors (Lipinski definition) is 4. The van der Waals surface area contributed by atoms with Crippen molar-refractivity contribution in [3.05, 3.63) is 95.6 Å². The summed E-state index contributed by atoms with van der Waals surface area (Å²) in [4.78, 5) is 21.0. The van der Waals surface area contributed by atoms with Crippen LogP contribution in [-0.4, -0.2) is 25.7 Å². The van der Waals surface area contributed by atoms with E-state index in [9.17, 15) is 4.79 Å². The summed E-state index contributed by atoms with van der Waals surface area (Å²) in [6.45, 7) is 4.35. The van der Waals surface area contributed by atoms with E-state index in [2.05, 4.69) is 15.3 Å². The van der Waals surface area contributed by atoms with Crippen LogP contribution < -0.4 is 5.32 Å². The number of amides is 1. The van der Waals surface area contributed by atoms with Crippen molar-refractivity contribution in [2.24, 2.45) is 0 Å². The van der Waals surface area contributed by atoms with E-state index in [0.717, 1.165) is 22.4 Å². The van der Waals surface area contributed by atoms with E-state index in [4.69, 9.17) is 5.10 Å². The summed E-state index contributed by atoms with van der Waals surface area (Å²) in [5, 5.41) is 7.73. The summed E-state index contributed by atoms with van der Waals surface area (Å²) in [5.74, 6) is 0.880. The molecule has 2 aromatic carbocycles. The van der Waals surface area contributed by atoms with Crippen molar-refractivity contribution < 1.29 is 4.79 Å². The zero-order chi connectivity index (χ0) is 20.2. The monoisotopic (exact) mass is 383 g/mol. The van der Waals surface area contributed by atoms with Crippen LogP contribution in [0.2, 0.25) is 0 Å². The van der Waals surface area contributed by atoms with Gasteiger partial charge in [-0.2, -0.15) is 5.10 Å². The maximum atomic E-state index is 12.7. The fourth-order valence-electron chi connectivity index (χ4n) is 3.15. The third kappa shape index (κ3) is 4.21. The molecule has 0 saturated heterocycles. The standard InChI is InChI=1S/C23H21N5O/c1-16-8-6-7-11-19(16)21-14-22(26-23(29)20-12-13-24-17(2)25-20)28(27-21)15-18-9-4-3-5-10-18/h3-14H,15H2,1-2H3,(H,26,29). The van der Waals surface area contributed by atoms with Crippen LogP contribution in [0.3, 0.4) is 0 Å². The molecule has 0 spiro atoms. The summed E-state index contributed by atoms with van der Waals surface area (Å²) in [6, 6.07) is 21.6. The Morgan fingerprint density at radius 1 is 1.00 bits per heavy atom. The predicted octanol–water partition coefficient (Wildman–Crippen LogP) is 4.26. The number of anilines is 1. The van der Waals surface area contributed by atoms with Gasteiger partial charge >= 0.3 is 0 Å². The smallest absolute Gasteiger partial charge is 0.275 e. The van der Waals surface area contributed by atoms with Crippen molar-refractivity contribution in [3.63, 3.8) is 0 Å². The highest BCUT2D eigenvalue weighted by atomic mass is 16.2. The van der Waals surface area contributed by atoms with Gasteiger partial charge in [-0.15, -0.1) is 0 Å². The fourth-order valence-corrected chi connectivity index (χ4v) is 3.15. The molecule has 0 bridgehead atoms. The van der Waals surface area contributed by atoms with Crippen LogP contribution in [-0.2, 0) is 6.54 Å². The molecule has 1 amide bonds. The summed E-state index contributed by atoms with van der Waals surface area (Å²) in [5.41, 5.74) is 4.39. The molecule has 6 nitrogen and oxygen atoms in total. The SMILES string of the molecule is Cc1nccc(C(=O)Nc2cc(-c3ccccc3C)nn2Cc2ccccc2)n1. The molecule has 0 aliphatic heterocycles. The van der Waals surface area contributed by atoms with Gasteiger partial charge in [0.2, 0.25) is 0 Å². The van der Waals surface area contributed by atoms with Crippen LogP contribution in [0.15, 0.2) is 72.9 Å². The van der Waals surface area contributed by atoms with Crippen molar-refractivity contribution in [2.45, 2.75) is 20.4 Å². The summed E-state index contributed by atoms with van der Waals surface area (Å²) in [7, 11) is 0. The maximum Gasteiger partial charge on any atom is 0.275 e. The number of rotatable bonds is 5. The number of aryl methyl sites for hydroxylation is 2. The molecule has 0 radical (unpaired) electrons.